The molecule has 0 unspecified atom stereocenters. The fraction of sp³-hybridized carbons (Fsp3) is 0.360. The molecule has 0 fully saturated rings. The molecule has 0 radical (unpaired) electrons. The summed E-state index contributed by atoms with van der Waals surface area (Å²) in [4.78, 5) is 17.7. The molecule has 3 aromatic rings. The standard InChI is InChI=1S/C25H28Cl2N2O/c1-2-3-4-5-6-7-10-15-28-25(30)20-17-24(18-13-14-21(26)22(27)16-18)29-23-12-9-8-11-19(20)23/h8-9,11-14,16-17H,2-7,10,15H2,1H3,(H,28,30). The van der Waals surface area contributed by atoms with Crippen molar-refractivity contribution in [3.05, 3.63) is 64.1 Å². The maximum Gasteiger partial charge on any atom is 0.252 e. The topological polar surface area (TPSA) is 42.0 Å². The number of halogens is 2. The number of carbonyl (C=O) groups excluding carboxylic acids is 1. The summed E-state index contributed by atoms with van der Waals surface area (Å²) in [5.41, 5.74) is 2.94. The predicted molar refractivity (Wildman–Crippen MR) is 128 cm³/mol. The third kappa shape index (κ3) is 5.96. The number of hydrogen-bond acceptors (Lipinski definition) is 2. The molecule has 30 heavy (non-hydrogen) atoms. The van der Waals surface area contributed by atoms with Crippen molar-refractivity contribution in [1.29, 1.82) is 0 Å². The molecule has 0 spiro atoms. The van der Waals surface area contributed by atoms with Gasteiger partial charge in [-0.05, 0) is 30.7 Å². The second kappa shape index (κ2) is 11.3. The summed E-state index contributed by atoms with van der Waals surface area (Å²) in [6, 6.07) is 14.9. The van der Waals surface area contributed by atoms with Crippen LogP contribution in [0, 0.1) is 0 Å². The predicted octanol–water partition coefficient (Wildman–Crippen LogP) is 7.69. The van der Waals surface area contributed by atoms with Crippen molar-refractivity contribution in [1.82, 2.24) is 10.3 Å². The molecule has 0 saturated heterocycles. The van der Waals surface area contributed by atoms with Gasteiger partial charge in [0, 0.05) is 17.5 Å². The van der Waals surface area contributed by atoms with Crippen molar-refractivity contribution in [3.8, 4) is 11.3 Å². The van der Waals surface area contributed by atoms with Crippen LogP contribution in [0.4, 0.5) is 0 Å². The van der Waals surface area contributed by atoms with E-state index in [4.69, 9.17) is 28.2 Å². The van der Waals surface area contributed by atoms with Gasteiger partial charge in [-0.3, -0.25) is 4.79 Å². The SMILES string of the molecule is CCCCCCCCCNC(=O)c1cc(-c2ccc(Cl)c(Cl)c2)nc2ccccc12. The molecule has 158 valence electrons. The number of nitrogens with one attached hydrogen (secondary N) is 1. The summed E-state index contributed by atoms with van der Waals surface area (Å²) >= 11 is 12.2. The molecule has 5 heteroatoms. The molecule has 0 aliphatic carbocycles. The third-order valence-electron chi connectivity index (χ3n) is 5.24. The first-order valence-electron chi connectivity index (χ1n) is 10.7. The molecule has 1 amide bonds. The summed E-state index contributed by atoms with van der Waals surface area (Å²) in [6.45, 7) is 2.91. The normalized spacial score (nSPS) is 11.0. The van der Waals surface area contributed by atoms with E-state index in [9.17, 15) is 4.79 Å². The molecular weight excluding hydrogens is 415 g/mol. The van der Waals surface area contributed by atoms with E-state index in [-0.39, 0.29) is 5.91 Å². The summed E-state index contributed by atoms with van der Waals surface area (Å²) in [5, 5.41) is 4.89. The molecule has 0 bridgehead atoms. The molecule has 1 N–H and O–H groups in total. The zero-order valence-corrected chi connectivity index (χ0v) is 18.9. The highest BCUT2D eigenvalue weighted by molar-refractivity contribution is 6.42. The van der Waals surface area contributed by atoms with E-state index < -0.39 is 0 Å². The van der Waals surface area contributed by atoms with Gasteiger partial charge in [0.2, 0.25) is 0 Å². The lowest BCUT2D eigenvalue weighted by molar-refractivity contribution is 0.0954. The molecule has 0 saturated carbocycles. The second-order valence-electron chi connectivity index (χ2n) is 7.58. The number of benzene rings is 2. The average Bonchev–Trinajstić information content (AvgIpc) is 2.76. The van der Waals surface area contributed by atoms with Crippen molar-refractivity contribution in [2.24, 2.45) is 0 Å². The van der Waals surface area contributed by atoms with E-state index in [1.54, 1.807) is 12.1 Å². The van der Waals surface area contributed by atoms with Gasteiger partial charge in [0.05, 0.1) is 26.8 Å². The first-order chi connectivity index (χ1) is 14.6. The molecular formula is C25H28Cl2N2O. The lowest BCUT2D eigenvalue weighted by Crippen LogP contribution is -2.24. The fourth-order valence-corrected chi connectivity index (χ4v) is 3.84. The Balaban J connectivity index is 1.72. The summed E-state index contributed by atoms with van der Waals surface area (Å²) in [5.74, 6) is -0.0686. The molecule has 3 nitrogen and oxygen atoms in total. The number of carbonyl (C=O) groups is 1. The summed E-state index contributed by atoms with van der Waals surface area (Å²) in [6.07, 6.45) is 8.55. The maximum atomic E-state index is 13.0. The Bertz CT molecular complexity index is 1000. The van der Waals surface area contributed by atoms with Crippen LogP contribution in [0.25, 0.3) is 22.2 Å². The van der Waals surface area contributed by atoms with Gasteiger partial charge in [-0.25, -0.2) is 4.98 Å². The molecule has 0 aliphatic heterocycles. The number of hydrogen-bond donors (Lipinski definition) is 1. The van der Waals surface area contributed by atoms with Gasteiger partial charge in [-0.15, -0.1) is 0 Å². The van der Waals surface area contributed by atoms with E-state index in [1.807, 2.05) is 36.4 Å². The maximum absolute atomic E-state index is 13.0. The van der Waals surface area contributed by atoms with Crippen LogP contribution in [0.5, 0.6) is 0 Å². The van der Waals surface area contributed by atoms with Crippen LogP contribution in [-0.2, 0) is 0 Å². The zero-order chi connectivity index (χ0) is 21.3. The second-order valence-corrected chi connectivity index (χ2v) is 8.39. The van der Waals surface area contributed by atoms with E-state index in [0.717, 1.165) is 29.3 Å². The van der Waals surface area contributed by atoms with Crippen LogP contribution in [0.3, 0.4) is 0 Å². The molecule has 1 aromatic heterocycles. The Morgan fingerprint density at radius 1 is 0.900 bits per heavy atom. The lowest BCUT2D eigenvalue weighted by atomic mass is 10.0. The number of aromatic nitrogens is 1. The number of rotatable bonds is 10. The number of amides is 1. The summed E-state index contributed by atoms with van der Waals surface area (Å²) < 4.78 is 0. The van der Waals surface area contributed by atoms with Gasteiger partial charge in [-0.1, -0.05) is 92.9 Å². The Morgan fingerprint density at radius 2 is 1.63 bits per heavy atom. The van der Waals surface area contributed by atoms with Crippen LogP contribution in [0.15, 0.2) is 48.5 Å². The number of fused-ring (bicyclic) bond motifs is 1. The Hall–Kier alpha value is -2.10. The van der Waals surface area contributed by atoms with E-state index in [0.29, 0.717) is 27.8 Å². The van der Waals surface area contributed by atoms with Crippen LogP contribution in [0.1, 0.15) is 62.2 Å². The van der Waals surface area contributed by atoms with Crippen molar-refractivity contribution in [2.75, 3.05) is 6.54 Å². The molecule has 1 heterocycles. The molecule has 2 aromatic carbocycles. The van der Waals surface area contributed by atoms with Crippen molar-refractivity contribution >= 4 is 40.0 Å². The minimum atomic E-state index is -0.0686. The number of pyridine rings is 1. The smallest absolute Gasteiger partial charge is 0.252 e. The Kier molecular flexibility index (Phi) is 8.53. The average molecular weight is 443 g/mol. The van der Waals surface area contributed by atoms with Crippen LogP contribution < -0.4 is 5.32 Å². The molecule has 3 rings (SSSR count). The van der Waals surface area contributed by atoms with Crippen molar-refractivity contribution in [3.63, 3.8) is 0 Å². The number of unbranched alkanes of at least 4 members (excludes halogenated alkanes) is 6. The van der Waals surface area contributed by atoms with Crippen LogP contribution in [0.2, 0.25) is 10.0 Å². The monoisotopic (exact) mass is 442 g/mol. The van der Waals surface area contributed by atoms with Crippen molar-refractivity contribution < 1.29 is 4.79 Å². The van der Waals surface area contributed by atoms with Crippen LogP contribution in [-0.4, -0.2) is 17.4 Å². The van der Waals surface area contributed by atoms with Gasteiger partial charge >= 0.3 is 0 Å². The van der Waals surface area contributed by atoms with Gasteiger partial charge in [0.1, 0.15) is 0 Å². The van der Waals surface area contributed by atoms with E-state index in [1.165, 1.54) is 32.1 Å². The first kappa shape index (κ1) is 22.6. The highest BCUT2D eigenvalue weighted by Crippen LogP contribution is 2.30. The zero-order valence-electron chi connectivity index (χ0n) is 17.4. The minimum absolute atomic E-state index is 0.0686. The molecule has 0 aliphatic rings. The quantitative estimate of drug-likeness (QED) is 0.326. The highest BCUT2D eigenvalue weighted by Gasteiger charge is 2.14. The third-order valence-corrected chi connectivity index (χ3v) is 5.98. The largest absolute Gasteiger partial charge is 0.352 e. The van der Waals surface area contributed by atoms with Gasteiger partial charge in [-0.2, -0.15) is 0 Å². The minimum Gasteiger partial charge on any atom is -0.352 e. The number of para-hydroxylation sites is 1. The van der Waals surface area contributed by atoms with E-state index >= 15 is 0 Å². The van der Waals surface area contributed by atoms with Gasteiger partial charge in [0.15, 0.2) is 0 Å². The Morgan fingerprint density at radius 3 is 2.40 bits per heavy atom. The van der Waals surface area contributed by atoms with E-state index in [2.05, 4.69) is 12.2 Å². The van der Waals surface area contributed by atoms with Gasteiger partial charge in [0.25, 0.3) is 5.91 Å². The highest BCUT2D eigenvalue weighted by atomic mass is 35.5. The fourth-order valence-electron chi connectivity index (χ4n) is 3.55. The van der Waals surface area contributed by atoms with Gasteiger partial charge < -0.3 is 5.32 Å². The lowest BCUT2D eigenvalue weighted by Gasteiger charge is -2.11. The molecule has 0 atom stereocenters. The Labute approximate surface area is 188 Å². The van der Waals surface area contributed by atoms with Crippen LogP contribution >= 0.6 is 23.2 Å². The van der Waals surface area contributed by atoms with Crippen molar-refractivity contribution in [2.45, 2.75) is 51.9 Å². The summed E-state index contributed by atoms with van der Waals surface area (Å²) in [7, 11) is 0. The first-order valence-corrected chi connectivity index (χ1v) is 11.5. The number of nitrogens with zero attached hydrogens (tertiary/aromatic N) is 1.